The Morgan fingerprint density at radius 2 is 2.00 bits per heavy atom. The average Bonchev–Trinajstić information content (AvgIpc) is 2.81. The number of carbonyl (C=O) groups is 1. The molecule has 1 atom stereocenters. The van der Waals surface area contributed by atoms with Gasteiger partial charge in [0.1, 0.15) is 35.6 Å². The molecular formula is C23H20FN3O7. The third-order valence-corrected chi connectivity index (χ3v) is 5.15. The Bertz CT molecular complexity index is 1260. The first-order valence-corrected chi connectivity index (χ1v) is 9.82. The number of nitriles is 1. The van der Waals surface area contributed by atoms with Gasteiger partial charge in [-0.2, -0.15) is 5.26 Å². The summed E-state index contributed by atoms with van der Waals surface area (Å²) in [5.41, 5.74) is 6.47. The smallest absolute Gasteiger partial charge is 0.338 e. The van der Waals surface area contributed by atoms with E-state index in [1.54, 1.807) is 18.2 Å². The maximum Gasteiger partial charge on any atom is 0.338 e. The summed E-state index contributed by atoms with van der Waals surface area (Å²) in [6, 6.07) is 9.65. The first-order chi connectivity index (χ1) is 16.2. The van der Waals surface area contributed by atoms with E-state index in [4.69, 9.17) is 24.7 Å². The highest BCUT2D eigenvalue weighted by atomic mass is 19.1. The van der Waals surface area contributed by atoms with Gasteiger partial charge in [-0.1, -0.05) is 6.07 Å². The molecule has 1 aliphatic rings. The molecule has 34 heavy (non-hydrogen) atoms. The van der Waals surface area contributed by atoms with Crippen molar-refractivity contribution >= 4 is 11.7 Å². The summed E-state index contributed by atoms with van der Waals surface area (Å²) in [5, 5.41) is 20.9. The zero-order valence-corrected chi connectivity index (χ0v) is 18.5. The van der Waals surface area contributed by atoms with Crippen LogP contribution in [-0.2, 0) is 20.9 Å². The number of nitrogens with two attached hydrogens (primary N) is 1. The molecule has 10 nitrogen and oxygen atoms in total. The lowest BCUT2D eigenvalue weighted by Crippen LogP contribution is -2.25. The molecule has 3 rings (SSSR count). The molecule has 1 heterocycles. The van der Waals surface area contributed by atoms with Gasteiger partial charge in [0.2, 0.25) is 5.88 Å². The first-order valence-electron chi connectivity index (χ1n) is 9.82. The zero-order valence-electron chi connectivity index (χ0n) is 18.5. The van der Waals surface area contributed by atoms with E-state index in [-0.39, 0.29) is 35.1 Å². The number of benzene rings is 2. The summed E-state index contributed by atoms with van der Waals surface area (Å²) in [7, 11) is 2.62. The van der Waals surface area contributed by atoms with Crippen LogP contribution >= 0.6 is 0 Å². The largest absolute Gasteiger partial charge is 0.496 e. The molecule has 0 amide bonds. The Balaban J connectivity index is 2.06. The normalized spacial score (nSPS) is 15.3. The molecule has 0 bridgehead atoms. The van der Waals surface area contributed by atoms with Crippen LogP contribution in [0.2, 0.25) is 0 Å². The summed E-state index contributed by atoms with van der Waals surface area (Å²) in [4.78, 5) is 23.1. The molecule has 0 fully saturated rings. The first kappa shape index (κ1) is 24.1. The van der Waals surface area contributed by atoms with E-state index in [0.717, 1.165) is 18.2 Å². The summed E-state index contributed by atoms with van der Waals surface area (Å²) in [6.45, 7) is 1.29. The zero-order chi connectivity index (χ0) is 25.0. The van der Waals surface area contributed by atoms with Crippen molar-refractivity contribution in [3.05, 3.63) is 86.2 Å². The van der Waals surface area contributed by atoms with E-state index < -0.39 is 28.3 Å². The number of nitro groups is 1. The molecule has 176 valence electrons. The third-order valence-electron chi connectivity index (χ3n) is 5.15. The predicted octanol–water partition coefficient (Wildman–Crippen LogP) is 3.58. The van der Waals surface area contributed by atoms with Crippen LogP contribution in [0.3, 0.4) is 0 Å². The molecular weight excluding hydrogens is 449 g/mol. The highest BCUT2D eigenvalue weighted by Gasteiger charge is 2.36. The van der Waals surface area contributed by atoms with Crippen molar-refractivity contribution in [3.8, 4) is 17.6 Å². The number of allylic oxidation sites excluding steroid dienone is 2. The number of hydrogen-bond donors (Lipinski definition) is 1. The van der Waals surface area contributed by atoms with Crippen LogP contribution in [0.1, 0.15) is 24.0 Å². The minimum Gasteiger partial charge on any atom is -0.496 e. The minimum absolute atomic E-state index is 0.00352. The number of methoxy groups -OCH3 is 2. The molecule has 1 unspecified atom stereocenters. The highest BCUT2D eigenvalue weighted by Crippen LogP contribution is 2.41. The number of rotatable bonds is 7. The second-order valence-electron chi connectivity index (χ2n) is 7.12. The van der Waals surface area contributed by atoms with Gasteiger partial charge in [-0.05, 0) is 30.7 Å². The fraction of sp³-hybridized carbons (Fsp3) is 0.217. The Morgan fingerprint density at radius 1 is 1.26 bits per heavy atom. The van der Waals surface area contributed by atoms with Crippen molar-refractivity contribution in [2.75, 3.05) is 14.2 Å². The van der Waals surface area contributed by atoms with Gasteiger partial charge in [0.25, 0.3) is 0 Å². The van der Waals surface area contributed by atoms with Crippen LogP contribution in [0.5, 0.6) is 11.5 Å². The molecule has 0 spiro atoms. The summed E-state index contributed by atoms with van der Waals surface area (Å²) >= 11 is 0. The second kappa shape index (κ2) is 9.91. The minimum atomic E-state index is -0.903. The van der Waals surface area contributed by atoms with Gasteiger partial charge in [0, 0.05) is 17.7 Å². The van der Waals surface area contributed by atoms with Crippen molar-refractivity contribution in [1.82, 2.24) is 0 Å². The molecule has 0 saturated heterocycles. The number of nitrogens with zero attached hydrogens (tertiary/aromatic N) is 2. The lowest BCUT2D eigenvalue weighted by atomic mass is 9.82. The van der Waals surface area contributed by atoms with Gasteiger partial charge < -0.3 is 24.7 Å². The Kier molecular flexibility index (Phi) is 7.01. The predicted molar refractivity (Wildman–Crippen MR) is 116 cm³/mol. The molecule has 1 aliphatic heterocycles. The van der Waals surface area contributed by atoms with Crippen LogP contribution in [-0.4, -0.2) is 25.1 Å². The standard InChI is InChI=1S/C23H20FN3O7/c1-12-20(23(28)32-3)21(16(10-25)22(26)34-12)13-4-7-18(31-2)14(8-13)11-33-19-9-15(24)5-6-17(19)27(29)30/h4-9,21H,11,26H2,1-3H3. The van der Waals surface area contributed by atoms with Crippen molar-refractivity contribution < 1.29 is 33.1 Å². The molecule has 0 aromatic heterocycles. The molecule has 2 aromatic carbocycles. The van der Waals surface area contributed by atoms with Crippen LogP contribution in [0.4, 0.5) is 10.1 Å². The quantitative estimate of drug-likeness (QED) is 0.365. The molecule has 11 heteroatoms. The van der Waals surface area contributed by atoms with Gasteiger partial charge in [0.15, 0.2) is 5.75 Å². The number of ether oxygens (including phenoxy) is 4. The Morgan fingerprint density at radius 3 is 2.62 bits per heavy atom. The van der Waals surface area contributed by atoms with Crippen LogP contribution < -0.4 is 15.2 Å². The molecule has 0 aliphatic carbocycles. The number of nitro benzene ring substituents is 1. The summed E-state index contributed by atoms with van der Waals surface area (Å²) in [6.07, 6.45) is 0. The summed E-state index contributed by atoms with van der Waals surface area (Å²) < 4.78 is 34.8. The molecule has 0 saturated carbocycles. The average molecular weight is 469 g/mol. The lowest BCUT2D eigenvalue weighted by Gasteiger charge is -2.27. The number of hydrogen-bond acceptors (Lipinski definition) is 9. The van der Waals surface area contributed by atoms with E-state index in [1.807, 2.05) is 6.07 Å². The van der Waals surface area contributed by atoms with E-state index in [2.05, 4.69) is 0 Å². The topological polar surface area (TPSA) is 147 Å². The fourth-order valence-electron chi connectivity index (χ4n) is 3.59. The number of carbonyl (C=O) groups excluding carboxylic acids is 1. The van der Waals surface area contributed by atoms with E-state index in [9.17, 15) is 24.6 Å². The number of halogens is 1. The summed E-state index contributed by atoms with van der Waals surface area (Å²) in [5.74, 6) is -2.18. The lowest BCUT2D eigenvalue weighted by molar-refractivity contribution is -0.386. The van der Waals surface area contributed by atoms with Crippen molar-refractivity contribution in [2.45, 2.75) is 19.4 Å². The van der Waals surface area contributed by atoms with Crippen LogP contribution in [0.15, 0.2) is 59.2 Å². The second-order valence-corrected chi connectivity index (χ2v) is 7.12. The number of esters is 1. The van der Waals surface area contributed by atoms with Crippen molar-refractivity contribution in [3.63, 3.8) is 0 Å². The highest BCUT2D eigenvalue weighted by molar-refractivity contribution is 5.92. The van der Waals surface area contributed by atoms with E-state index >= 15 is 0 Å². The molecule has 2 aromatic rings. The van der Waals surface area contributed by atoms with Crippen molar-refractivity contribution in [1.29, 1.82) is 5.26 Å². The fourth-order valence-corrected chi connectivity index (χ4v) is 3.59. The van der Waals surface area contributed by atoms with Crippen LogP contribution in [0.25, 0.3) is 0 Å². The van der Waals surface area contributed by atoms with Gasteiger partial charge in [-0.25, -0.2) is 9.18 Å². The van der Waals surface area contributed by atoms with Crippen molar-refractivity contribution in [2.24, 2.45) is 5.73 Å². The monoisotopic (exact) mass is 469 g/mol. The Labute approximate surface area is 193 Å². The van der Waals surface area contributed by atoms with Gasteiger partial charge >= 0.3 is 11.7 Å². The SMILES string of the molecule is COC(=O)C1=C(C)OC(N)=C(C#N)C1c1ccc(OC)c(COc2cc(F)ccc2[N+](=O)[O-])c1. The van der Waals surface area contributed by atoms with Gasteiger partial charge in [-0.15, -0.1) is 0 Å². The van der Waals surface area contributed by atoms with Gasteiger partial charge in [-0.3, -0.25) is 10.1 Å². The molecule has 2 N–H and O–H groups in total. The van der Waals surface area contributed by atoms with E-state index in [0.29, 0.717) is 16.9 Å². The molecule has 0 radical (unpaired) electrons. The van der Waals surface area contributed by atoms with Gasteiger partial charge in [0.05, 0.1) is 30.6 Å². The maximum absolute atomic E-state index is 13.7. The maximum atomic E-state index is 13.7. The van der Waals surface area contributed by atoms with Crippen LogP contribution in [0, 0.1) is 27.3 Å². The third kappa shape index (κ3) is 4.61. The Hall–Kier alpha value is -4.59. The van der Waals surface area contributed by atoms with E-state index in [1.165, 1.54) is 21.1 Å².